The first-order valence-corrected chi connectivity index (χ1v) is 8.95. The SMILES string of the molecule is CC(C)CNCc1ccc(NC(=O)CCN2CCCCC2)cc1. The predicted molar refractivity (Wildman–Crippen MR) is 96.5 cm³/mol. The summed E-state index contributed by atoms with van der Waals surface area (Å²) in [7, 11) is 0. The van der Waals surface area contributed by atoms with Crippen molar-refractivity contribution >= 4 is 11.6 Å². The molecule has 2 rings (SSSR count). The van der Waals surface area contributed by atoms with Gasteiger partial charge in [0.15, 0.2) is 0 Å². The summed E-state index contributed by atoms with van der Waals surface area (Å²) in [6.45, 7) is 9.47. The third-order valence-corrected chi connectivity index (χ3v) is 4.22. The number of carbonyl (C=O) groups excluding carboxylic acids is 1. The van der Waals surface area contributed by atoms with Gasteiger partial charge in [0, 0.05) is 25.2 Å². The molecule has 1 aliphatic heterocycles. The van der Waals surface area contributed by atoms with Gasteiger partial charge in [-0.25, -0.2) is 0 Å². The fourth-order valence-corrected chi connectivity index (χ4v) is 2.88. The zero-order chi connectivity index (χ0) is 16.5. The van der Waals surface area contributed by atoms with Crippen molar-refractivity contribution in [3.8, 4) is 0 Å². The Morgan fingerprint density at radius 1 is 1.13 bits per heavy atom. The molecule has 128 valence electrons. The normalized spacial score (nSPS) is 15.8. The van der Waals surface area contributed by atoms with Crippen LogP contribution in [-0.4, -0.2) is 37.0 Å². The van der Waals surface area contributed by atoms with Crippen molar-refractivity contribution in [3.63, 3.8) is 0 Å². The second-order valence-electron chi connectivity index (χ2n) is 6.92. The van der Waals surface area contributed by atoms with Gasteiger partial charge in [0.05, 0.1) is 0 Å². The van der Waals surface area contributed by atoms with Crippen molar-refractivity contribution in [1.29, 1.82) is 0 Å². The second-order valence-corrected chi connectivity index (χ2v) is 6.92. The standard InChI is InChI=1S/C19H31N3O/c1-16(2)14-20-15-17-6-8-18(9-7-17)21-19(23)10-13-22-11-4-3-5-12-22/h6-9,16,20H,3-5,10-15H2,1-2H3,(H,21,23). The molecule has 1 aromatic rings. The van der Waals surface area contributed by atoms with Crippen LogP contribution in [0.25, 0.3) is 0 Å². The maximum absolute atomic E-state index is 12.0. The van der Waals surface area contributed by atoms with Gasteiger partial charge in [0.2, 0.25) is 5.91 Å². The van der Waals surface area contributed by atoms with Gasteiger partial charge in [-0.2, -0.15) is 0 Å². The number of benzene rings is 1. The van der Waals surface area contributed by atoms with Crippen LogP contribution < -0.4 is 10.6 Å². The number of anilines is 1. The maximum Gasteiger partial charge on any atom is 0.225 e. The van der Waals surface area contributed by atoms with Crippen molar-refractivity contribution in [1.82, 2.24) is 10.2 Å². The molecule has 0 saturated carbocycles. The highest BCUT2D eigenvalue weighted by Gasteiger charge is 2.11. The molecular formula is C19H31N3O. The third kappa shape index (κ3) is 7.14. The van der Waals surface area contributed by atoms with E-state index < -0.39 is 0 Å². The molecule has 0 atom stereocenters. The molecule has 0 spiro atoms. The van der Waals surface area contributed by atoms with Gasteiger partial charge in [0.1, 0.15) is 0 Å². The lowest BCUT2D eigenvalue weighted by atomic mass is 10.1. The topological polar surface area (TPSA) is 44.4 Å². The minimum Gasteiger partial charge on any atom is -0.326 e. The van der Waals surface area contributed by atoms with Crippen molar-refractivity contribution in [3.05, 3.63) is 29.8 Å². The largest absolute Gasteiger partial charge is 0.326 e. The van der Waals surface area contributed by atoms with E-state index in [1.807, 2.05) is 12.1 Å². The third-order valence-electron chi connectivity index (χ3n) is 4.22. The van der Waals surface area contributed by atoms with E-state index in [0.29, 0.717) is 12.3 Å². The summed E-state index contributed by atoms with van der Waals surface area (Å²) in [6, 6.07) is 8.14. The van der Waals surface area contributed by atoms with Crippen LogP contribution >= 0.6 is 0 Å². The van der Waals surface area contributed by atoms with E-state index in [4.69, 9.17) is 0 Å². The van der Waals surface area contributed by atoms with Crippen molar-refractivity contribution < 1.29 is 4.79 Å². The number of nitrogens with zero attached hydrogens (tertiary/aromatic N) is 1. The summed E-state index contributed by atoms with van der Waals surface area (Å²) < 4.78 is 0. The average molecular weight is 317 g/mol. The highest BCUT2D eigenvalue weighted by molar-refractivity contribution is 5.90. The van der Waals surface area contributed by atoms with E-state index in [-0.39, 0.29) is 5.91 Å². The predicted octanol–water partition coefficient (Wildman–Crippen LogP) is 3.25. The van der Waals surface area contributed by atoms with Crippen LogP contribution in [0.3, 0.4) is 0 Å². The van der Waals surface area contributed by atoms with Crippen LogP contribution in [0.4, 0.5) is 5.69 Å². The average Bonchev–Trinajstić information content (AvgIpc) is 2.55. The summed E-state index contributed by atoms with van der Waals surface area (Å²) in [4.78, 5) is 14.4. The van der Waals surface area contributed by atoms with E-state index in [2.05, 4.69) is 41.5 Å². The van der Waals surface area contributed by atoms with E-state index in [1.54, 1.807) is 0 Å². The molecule has 2 N–H and O–H groups in total. The first-order valence-electron chi connectivity index (χ1n) is 8.95. The molecule has 23 heavy (non-hydrogen) atoms. The zero-order valence-corrected chi connectivity index (χ0v) is 14.6. The van der Waals surface area contributed by atoms with E-state index in [0.717, 1.165) is 38.4 Å². The van der Waals surface area contributed by atoms with Crippen LogP contribution in [0.15, 0.2) is 24.3 Å². The number of nitrogens with one attached hydrogen (secondary N) is 2. The Morgan fingerprint density at radius 3 is 2.48 bits per heavy atom. The molecule has 4 nitrogen and oxygen atoms in total. The lowest BCUT2D eigenvalue weighted by molar-refractivity contribution is -0.116. The molecule has 0 radical (unpaired) electrons. The minimum absolute atomic E-state index is 0.112. The summed E-state index contributed by atoms with van der Waals surface area (Å²) >= 11 is 0. The molecule has 1 saturated heterocycles. The van der Waals surface area contributed by atoms with Crippen LogP contribution in [-0.2, 0) is 11.3 Å². The van der Waals surface area contributed by atoms with Gasteiger partial charge < -0.3 is 15.5 Å². The highest BCUT2D eigenvalue weighted by Crippen LogP contribution is 2.12. The molecule has 1 amide bonds. The lowest BCUT2D eigenvalue weighted by Gasteiger charge is -2.25. The number of piperidine rings is 1. The Balaban J connectivity index is 1.68. The molecule has 0 aliphatic carbocycles. The number of carbonyl (C=O) groups is 1. The Bertz CT molecular complexity index is 464. The summed E-state index contributed by atoms with van der Waals surface area (Å²) in [5, 5.41) is 6.42. The smallest absolute Gasteiger partial charge is 0.225 e. The van der Waals surface area contributed by atoms with Crippen molar-refractivity contribution in [2.24, 2.45) is 5.92 Å². The Morgan fingerprint density at radius 2 is 1.83 bits per heavy atom. The number of rotatable bonds is 8. The molecule has 0 aromatic heterocycles. The zero-order valence-electron chi connectivity index (χ0n) is 14.6. The first-order chi connectivity index (χ1) is 11.1. The highest BCUT2D eigenvalue weighted by atomic mass is 16.1. The van der Waals surface area contributed by atoms with Gasteiger partial charge in [-0.1, -0.05) is 32.4 Å². The van der Waals surface area contributed by atoms with Crippen LogP contribution in [0.1, 0.15) is 45.1 Å². The summed E-state index contributed by atoms with van der Waals surface area (Å²) in [6.07, 6.45) is 4.46. The molecule has 4 heteroatoms. The van der Waals surface area contributed by atoms with Gasteiger partial charge in [-0.3, -0.25) is 4.79 Å². The number of likely N-dealkylation sites (tertiary alicyclic amines) is 1. The second kappa shape index (κ2) is 9.68. The Hall–Kier alpha value is -1.39. The van der Waals surface area contributed by atoms with Gasteiger partial charge in [-0.05, 0) is 56.1 Å². The first kappa shape index (κ1) is 18.0. The van der Waals surface area contributed by atoms with Crippen molar-refractivity contribution in [2.45, 2.75) is 46.1 Å². The fourth-order valence-electron chi connectivity index (χ4n) is 2.88. The monoisotopic (exact) mass is 317 g/mol. The van der Waals surface area contributed by atoms with Gasteiger partial charge in [0.25, 0.3) is 0 Å². The molecule has 0 unspecified atom stereocenters. The molecule has 0 bridgehead atoms. The van der Waals surface area contributed by atoms with Crippen LogP contribution in [0.2, 0.25) is 0 Å². The molecule has 1 heterocycles. The van der Waals surface area contributed by atoms with E-state index >= 15 is 0 Å². The molecule has 1 fully saturated rings. The van der Waals surface area contributed by atoms with Crippen molar-refractivity contribution in [2.75, 3.05) is 31.5 Å². The number of hydrogen-bond donors (Lipinski definition) is 2. The van der Waals surface area contributed by atoms with Gasteiger partial charge >= 0.3 is 0 Å². The number of hydrogen-bond acceptors (Lipinski definition) is 3. The van der Waals surface area contributed by atoms with E-state index in [9.17, 15) is 4.79 Å². The quantitative estimate of drug-likeness (QED) is 0.773. The molecular weight excluding hydrogens is 286 g/mol. The number of amides is 1. The van der Waals surface area contributed by atoms with E-state index in [1.165, 1.54) is 24.8 Å². The lowest BCUT2D eigenvalue weighted by Crippen LogP contribution is -2.32. The Kier molecular flexibility index (Phi) is 7.56. The summed E-state index contributed by atoms with van der Waals surface area (Å²) in [5.74, 6) is 0.773. The van der Waals surface area contributed by atoms with Crippen LogP contribution in [0.5, 0.6) is 0 Å². The Labute approximate surface area is 140 Å². The fraction of sp³-hybridized carbons (Fsp3) is 0.632. The maximum atomic E-state index is 12.0. The molecule has 1 aliphatic rings. The van der Waals surface area contributed by atoms with Gasteiger partial charge in [-0.15, -0.1) is 0 Å². The summed E-state index contributed by atoms with van der Waals surface area (Å²) in [5.41, 5.74) is 2.14. The van der Waals surface area contributed by atoms with Crippen LogP contribution in [0, 0.1) is 5.92 Å². The molecule has 1 aromatic carbocycles. The minimum atomic E-state index is 0.112.